The van der Waals surface area contributed by atoms with Crippen molar-refractivity contribution in [3.8, 4) is 5.75 Å². The van der Waals surface area contributed by atoms with Crippen molar-refractivity contribution >= 4 is 11.8 Å². The Labute approximate surface area is 107 Å². The molecule has 0 unspecified atom stereocenters. The van der Waals surface area contributed by atoms with Gasteiger partial charge in [-0.3, -0.25) is 0 Å². The van der Waals surface area contributed by atoms with Crippen LogP contribution in [0, 0.1) is 0 Å². The Morgan fingerprint density at radius 1 is 0.944 bits per heavy atom. The molecule has 3 rings (SSSR count). The van der Waals surface area contributed by atoms with Crippen LogP contribution in [-0.4, -0.2) is 0 Å². The minimum absolute atomic E-state index is 0.557. The van der Waals surface area contributed by atoms with Gasteiger partial charge in [-0.1, -0.05) is 42.5 Å². The van der Waals surface area contributed by atoms with Crippen molar-refractivity contribution in [1.82, 2.24) is 0 Å². The van der Waals surface area contributed by atoms with E-state index in [1.807, 2.05) is 30.3 Å². The van der Waals surface area contributed by atoms with Crippen molar-refractivity contribution < 1.29 is 4.74 Å². The number of rotatable bonds is 0. The number of nitrogen functional groups attached to an aromatic ring is 1. The molecule has 0 aromatic heterocycles. The van der Waals surface area contributed by atoms with Crippen LogP contribution in [0.5, 0.6) is 5.75 Å². The Kier molecular flexibility index (Phi) is 2.77. The van der Waals surface area contributed by atoms with E-state index in [1.54, 1.807) is 0 Å². The summed E-state index contributed by atoms with van der Waals surface area (Å²) < 4.78 is 5.89. The Morgan fingerprint density at radius 2 is 1.78 bits per heavy atom. The third-order valence-electron chi connectivity index (χ3n) is 3.21. The fraction of sp³-hybridized carbons (Fsp3) is 0.125. The normalized spacial score (nSPS) is 15.3. The van der Waals surface area contributed by atoms with Crippen LogP contribution >= 0.6 is 0 Å². The Hall–Kier alpha value is -2.22. The molecule has 2 heteroatoms. The predicted octanol–water partition coefficient (Wildman–Crippen LogP) is 3.42. The van der Waals surface area contributed by atoms with Gasteiger partial charge in [-0.15, -0.1) is 0 Å². The number of hydrogen-bond acceptors (Lipinski definition) is 2. The summed E-state index contributed by atoms with van der Waals surface area (Å²) in [5.74, 6) is 0.956. The van der Waals surface area contributed by atoms with Gasteiger partial charge in [0.15, 0.2) is 0 Å². The maximum atomic E-state index is 6.01. The molecule has 0 fully saturated rings. The average molecular weight is 237 g/mol. The molecule has 1 heterocycles. The van der Waals surface area contributed by atoms with Crippen molar-refractivity contribution in [2.45, 2.75) is 13.0 Å². The topological polar surface area (TPSA) is 35.2 Å². The first-order valence-corrected chi connectivity index (χ1v) is 6.09. The van der Waals surface area contributed by atoms with Gasteiger partial charge in [0, 0.05) is 11.3 Å². The molecule has 0 saturated carbocycles. The molecule has 2 N–H and O–H groups in total. The van der Waals surface area contributed by atoms with Crippen LogP contribution < -0.4 is 10.5 Å². The second-order valence-electron chi connectivity index (χ2n) is 4.42. The van der Waals surface area contributed by atoms with Crippen LogP contribution in [0.1, 0.15) is 16.7 Å². The van der Waals surface area contributed by atoms with Gasteiger partial charge < -0.3 is 10.5 Å². The zero-order valence-electron chi connectivity index (χ0n) is 10.1. The molecule has 1 aliphatic rings. The maximum absolute atomic E-state index is 6.01. The molecule has 0 atom stereocenters. The van der Waals surface area contributed by atoms with Gasteiger partial charge in [0.25, 0.3) is 0 Å². The average Bonchev–Trinajstić information content (AvgIpc) is 2.48. The van der Waals surface area contributed by atoms with Crippen molar-refractivity contribution in [2.24, 2.45) is 0 Å². The van der Waals surface area contributed by atoms with Crippen molar-refractivity contribution in [1.29, 1.82) is 0 Å². The molecular weight excluding hydrogens is 222 g/mol. The Balaban J connectivity index is 2.05. The lowest BCUT2D eigenvalue weighted by Crippen LogP contribution is -2.01. The minimum atomic E-state index is 0.557. The molecule has 0 amide bonds. The van der Waals surface area contributed by atoms with Gasteiger partial charge in [-0.05, 0) is 29.7 Å². The standard InChI is InChI=1S/C16H15NO/c17-15-9-4-7-13-11-18-16-10-2-1-5-12(16)6-3-8-14(13)15/h1-5,7-10H,6,11,17H2/b8-3-. The number of hydrogen-bond donors (Lipinski definition) is 1. The molecule has 0 bridgehead atoms. The van der Waals surface area contributed by atoms with Crippen LogP contribution in [-0.2, 0) is 13.0 Å². The number of anilines is 1. The van der Waals surface area contributed by atoms with Gasteiger partial charge in [0.1, 0.15) is 12.4 Å². The van der Waals surface area contributed by atoms with Crippen LogP contribution in [0.3, 0.4) is 0 Å². The smallest absolute Gasteiger partial charge is 0.123 e. The lowest BCUT2D eigenvalue weighted by Gasteiger charge is -2.11. The minimum Gasteiger partial charge on any atom is -0.489 e. The number of para-hydroxylation sites is 1. The van der Waals surface area contributed by atoms with E-state index in [2.05, 4.69) is 24.3 Å². The van der Waals surface area contributed by atoms with Crippen LogP contribution in [0.15, 0.2) is 48.5 Å². The molecule has 2 aromatic rings. The summed E-state index contributed by atoms with van der Waals surface area (Å²) >= 11 is 0. The number of benzene rings is 2. The Morgan fingerprint density at radius 3 is 2.72 bits per heavy atom. The molecule has 2 nitrogen and oxygen atoms in total. The summed E-state index contributed by atoms with van der Waals surface area (Å²) in [6.07, 6.45) is 5.10. The zero-order chi connectivity index (χ0) is 12.4. The molecule has 90 valence electrons. The first-order valence-electron chi connectivity index (χ1n) is 6.09. The third-order valence-corrected chi connectivity index (χ3v) is 3.21. The fourth-order valence-electron chi connectivity index (χ4n) is 2.23. The summed E-state index contributed by atoms with van der Waals surface area (Å²) in [4.78, 5) is 0. The summed E-state index contributed by atoms with van der Waals surface area (Å²) in [5.41, 5.74) is 10.2. The quantitative estimate of drug-likeness (QED) is 0.712. The van der Waals surface area contributed by atoms with E-state index in [1.165, 1.54) is 5.56 Å². The molecule has 1 aliphatic heterocycles. The number of ether oxygens (including phenoxy) is 1. The fourth-order valence-corrected chi connectivity index (χ4v) is 2.23. The summed E-state index contributed by atoms with van der Waals surface area (Å²) in [7, 11) is 0. The van der Waals surface area contributed by atoms with Crippen LogP contribution in [0.25, 0.3) is 6.08 Å². The molecular formula is C16H15NO. The lowest BCUT2D eigenvalue weighted by molar-refractivity contribution is 0.303. The predicted molar refractivity (Wildman–Crippen MR) is 74.4 cm³/mol. The highest BCUT2D eigenvalue weighted by molar-refractivity contribution is 5.68. The SMILES string of the molecule is Nc1cccc2c1/C=C\Cc1ccccc1OC2. The van der Waals surface area contributed by atoms with E-state index < -0.39 is 0 Å². The summed E-state index contributed by atoms with van der Waals surface area (Å²) in [6.45, 7) is 0.557. The summed E-state index contributed by atoms with van der Waals surface area (Å²) in [6, 6.07) is 14.1. The molecule has 2 aromatic carbocycles. The van der Waals surface area contributed by atoms with E-state index >= 15 is 0 Å². The summed E-state index contributed by atoms with van der Waals surface area (Å²) in [5, 5.41) is 0. The zero-order valence-corrected chi connectivity index (χ0v) is 10.1. The second-order valence-corrected chi connectivity index (χ2v) is 4.42. The molecule has 0 spiro atoms. The van der Waals surface area contributed by atoms with Crippen molar-refractivity contribution in [3.63, 3.8) is 0 Å². The molecule has 18 heavy (non-hydrogen) atoms. The van der Waals surface area contributed by atoms with E-state index in [-0.39, 0.29) is 0 Å². The van der Waals surface area contributed by atoms with Crippen molar-refractivity contribution in [3.05, 3.63) is 65.2 Å². The highest BCUT2D eigenvalue weighted by atomic mass is 16.5. The number of allylic oxidation sites excluding steroid dienone is 1. The van der Waals surface area contributed by atoms with Crippen LogP contribution in [0.2, 0.25) is 0 Å². The van der Waals surface area contributed by atoms with Gasteiger partial charge in [-0.25, -0.2) is 0 Å². The van der Waals surface area contributed by atoms with Crippen LogP contribution in [0.4, 0.5) is 5.69 Å². The molecule has 0 radical (unpaired) electrons. The second kappa shape index (κ2) is 4.57. The highest BCUT2D eigenvalue weighted by Crippen LogP contribution is 2.26. The van der Waals surface area contributed by atoms with E-state index in [0.29, 0.717) is 6.61 Å². The van der Waals surface area contributed by atoms with Gasteiger partial charge in [0.05, 0.1) is 0 Å². The first-order chi connectivity index (χ1) is 8.84. The van der Waals surface area contributed by atoms with Crippen molar-refractivity contribution in [2.75, 3.05) is 5.73 Å². The van der Waals surface area contributed by atoms with Gasteiger partial charge in [-0.2, -0.15) is 0 Å². The van der Waals surface area contributed by atoms with Gasteiger partial charge in [0.2, 0.25) is 0 Å². The molecule has 0 aliphatic carbocycles. The lowest BCUT2D eigenvalue weighted by atomic mass is 10.0. The van der Waals surface area contributed by atoms with Gasteiger partial charge >= 0.3 is 0 Å². The number of fused-ring (bicyclic) bond motifs is 2. The van der Waals surface area contributed by atoms with E-state index in [0.717, 1.165) is 29.0 Å². The third kappa shape index (κ3) is 1.97. The van der Waals surface area contributed by atoms with E-state index in [4.69, 9.17) is 10.5 Å². The highest BCUT2D eigenvalue weighted by Gasteiger charge is 2.08. The maximum Gasteiger partial charge on any atom is 0.123 e. The first kappa shape index (κ1) is 10.9. The Bertz CT molecular complexity index is 602. The molecule has 0 saturated heterocycles. The number of nitrogens with two attached hydrogens (primary N) is 1. The van der Waals surface area contributed by atoms with E-state index in [9.17, 15) is 0 Å². The monoisotopic (exact) mass is 237 g/mol. The largest absolute Gasteiger partial charge is 0.489 e.